The summed E-state index contributed by atoms with van der Waals surface area (Å²) in [4.78, 5) is 37.6. The maximum atomic E-state index is 13.6. The molecule has 28 heavy (non-hydrogen) atoms. The van der Waals surface area contributed by atoms with Crippen molar-refractivity contribution in [2.45, 2.75) is 18.3 Å². The molecule has 1 aromatic heterocycles. The Kier molecular flexibility index (Phi) is 5.98. The second-order valence-electron chi connectivity index (χ2n) is 5.90. The summed E-state index contributed by atoms with van der Waals surface area (Å²) in [7, 11) is 0. The van der Waals surface area contributed by atoms with Crippen LogP contribution in [0.4, 0.5) is 14.5 Å². The Bertz CT molecular complexity index is 870. The van der Waals surface area contributed by atoms with Crippen LogP contribution in [-0.4, -0.2) is 41.1 Å². The van der Waals surface area contributed by atoms with Crippen molar-refractivity contribution in [1.82, 2.24) is 4.90 Å². The molecule has 0 aliphatic carbocycles. The van der Waals surface area contributed by atoms with Gasteiger partial charge in [-0.2, -0.15) is 0 Å². The Balaban J connectivity index is 1.61. The van der Waals surface area contributed by atoms with Crippen molar-refractivity contribution in [1.29, 1.82) is 0 Å². The Morgan fingerprint density at radius 1 is 1.25 bits per heavy atom. The molecule has 10 heteroatoms. The van der Waals surface area contributed by atoms with E-state index in [1.165, 1.54) is 29.8 Å². The minimum Gasteiger partial charge on any atom is -0.466 e. The number of carbonyl (C=O) groups excluding carboxylic acids is 3. The van der Waals surface area contributed by atoms with Gasteiger partial charge in [-0.05, 0) is 24.3 Å². The molecular weight excluding hydrogens is 394 g/mol. The Morgan fingerprint density at radius 3 is 2.57 bits per heavy atom. The van der Waals surface area contributed by atoms with Crippen LogP contribution in [0.5, 0.6) is 0 Å². The number of thioether (sulfide) groups is 1. The molecule has 0 radical (unpaired) electrons. The fraction of sp³-hybridized carbons (Fsp3) is 0.278. The van der Waals surface area contributed by atoms with Crippen LogP contribution in [0.1, 0.15) is 18.1 Å². The summed E-state index contributed by atoms with van der Waals surface area (Å²) in [5, 5.41) is 1.54. The van der Waals surface area contributed by atoms with Gasteiger partial charge in [-0.3, -0.25) is 9.59 Å². The molecule has 2 atom stereocenters. The molecule has 0 unspecified atom stereocenters. The van der Waals surface area contributed by atoms with Crippen molar-refractivity contribution in [3.05, 3.63) is 54.0 Å². The first-order valence-corrected chi connectivity index (χ1v) is 9.27. The van der Waals surface area contributed by atoms with Gasteiger partial charge in [0.2, 0.25) is 5.91 Å². The lowest BCUT2D eigenvalue weighted by molar-refractivity contribution is -0.155. The van der Waals surface area contributed by atoms with Crippen molar-refractivity contribution in [3.8, 4) is 0 Å². The van der Waals surface area contributed by atoms with Gasteiger partial charge in [0, 0.05) is 12.7 Å². The fourth-order valence-corrected chi connectivity index (χ4v) is 4.16. The highest BCUT2D eigenvalue weighted by Gasteiger charge is 2.43. The Morgan fingerprint density at radius 2 is 1.96 bits per heavy atom. The van der Waals surface area contributed by atoms with Gasteiger partial charge in [0.1, 0.15) is 34.5 Å². The highest BCUT2D eigenvalue weighted by Crippen LogP contribution is 2.41. The van der Waals surface area contributed by atoms with Gasteiger partial charge < -0.3 is 19.4 Å². The summed E-state index contributed by atoms with van der Waals surface area (Å²) < 4.78 is 37.4. The number of nitrogens with zero attached hydrogens (tertiary/aromatic N) is 1. The molecule has 7 nitrogen and oxygen atoms in total. The number of esters is 1. The molecule has 1 aliphatic rings. The zero-order valence-corrected chi connectivity index (χ0v) is 15.5. The van der Waals surface area contributed by atoms with Crippen LogP contribution >= 0.6 is 11.8 Å². The van der Waals surface area contributed by atoms with Crippen LogP contribution in [0.25, 0.3) is 0 Å². The number of amides is 2. The number of benzene rings is 1. The van der Waals surface area contributed by atoms with Gasteiger partial charge in [-0.15, -0.1) is 11.8 Å². The van der Waals surface area contributed by atoms with Gasteiger partial charge in [-0.25, -0.2) is 13.6 Å². The van der Waals surface area contributed by atoms with Crippen LogP contribution in [0.3, 0.4) is 0 Å². The van der Waals surface area contributed by atoms with E-state index in [-0.39, 0.29) is 11.7 Å². The van der Waals surface area contributed by atoms with E-state index in [1.807, 2.05) is 5.32 Å². The number of halogens is 2. The highest BCUT2D eigenvalue weighted by molar-refractivity contribution is 7.99. The molecule has 1 saturated heterocycles. The molecule has 1 aliphatic heterocycles. The van der Waals surface area contributed by atoms with E-state index in [0.717, 1.165) is 18.2 Å². The third kappa shape index (κ3) is 4.16. The largest absolute Gasteiger partial charge is 0.466 e. The predicted molar refractivity (Wildman–Crippen MR) is 96.2 cm³/mol. The summed E-state index contributed by atoms with van der Waals surface area (Å²) in [5.74, 6) is -3.17. The third-order valence-corrected chi connectivity index (χ3v) is 5.28. The topological polar surface area (TPSA) is 88.8 Å². The molecule has 1 fully saturated rings. The number of hydrogen-bond acceptors (Lipinski definition) is 6. The van der Waals surface area contributed by atoms with Crippen molar-refractivity contribution in [2.24, 2.45) is 0 Å². The van der Waals surface area contributed by atoms with E-state index in [2.05, 4.69) is 0 Å². The number of hydrogen-bond donors (Lipinski definition) is 1. The van der Waals surface area contributed by atoms with Crippen molar-refractivity contribution in [3.63, 3.8) is 0 Å². The quantitative estimate of drug-likeness (QED) is 0.763. The Labute approximate surface area is 163 Å². The van der Waals surface area contributed by atoms with Gasteiger partial charge in [-0.1, -0.05) is 6.07 Å². The van der Waals surface area contributed by atoms with E-state index >= 15 is 0 Å². The molecule has 1 aromatic carbocycles. The van der Waals surface area contributed by atoms with Gasteiger partial charge >= 0.3 is 5.97 Å². The van der Waals surface area contributed by atoms with Crippen molar-refractivity contribution >= 4 is 35.2 Å². The number of furan rings is 1. The molecule has 2 amide bonds. The molecular formula is C18H16F2N2O5S. The minimum absolute atomic E-state index is 0.257. The lowest BCUT2D eigenvalue weighted by atomic mass is 10.2. The summed E-state index contributed by atoms with van der Waals surface area (Å²) in [5.41, 5.74) is -0.622. The number of nitrogens with one attached hydrogen (secondary N) is 1. The van der Waals surface area contributed by atoms with E-state index < -0.39 is 47.2 Å². The standard InChI is InChI=1S/C18H16F2N2O5S/c1-10(23)22-13(9-28-17(22)14-6-3-7-26-14)18(25)27-8-15(24)21-16-11(19)4-2-5-12(16)20/h2-7,13,17H,8-9H2,1H3,(H,21,24)/t13-,17+/m1/s1. The summed E-state index contributed by atoms with van der Waals surface area (Å²) in [6.45, 7) is 0.570. The van der Waals surface area contributed by atoms with Crippen LogP contribution in [0.15, 0.2) is 41.0 Å². The predicted octanol–water partition coefficient (Wildman–Crippen LogP) is 2.70. The van der Waals surface area contributed by atoms with Gasteiger partial charge in [0.05, 0.1) is 6.26 Å². The maximum absolute atomic E-state index is 13.6. The van der Waals surface area contributed by atoms with Crippen molar-refractivity contribution in [2.75, 3.05) is 17.7 Å². The summed E-state index contributed by atoms with van der Waals surface area (Å²) in [6.07, 6.45) is 1.46. The van der Waals surface area contributed by atoms with Crippen LogP contribution in [0, 0.1) is 11.6 Å². The first kappa shape index (κ1) is 19.9. The average molecular weight is 410 g/mol. The van der Waals surface area contributed by atoms with E-state index in [9.17, 15) is 23.2 Å². The molecule has 2 heterocycles. The summed E-state index contributed by atoms with van der Waals surface area (Å²) >= 11 is 1.32. The Hall–Kier alpha value is -2.88. The minimum atomic E-state index is -0.948. The molecule has 0 bridgehead atoms. The van der Waals surface area contributed by atoms with Crippen molar-refractivity contribution < 1.29 is 32.3 Å². The maximum Gasteiger partial charge on any atom is 0.330 e. The second-order valence-corrected chi connectivity index (χ2v) is 7.01. The molecule has 148 valence electrons. The smallest absolute Gasteiger partial charge is 0.330 e. The first-order chi connectivity index (χ1) is 13.4. The monoisotopic (exact) mass is 410 g/mol. The average Bonchev–Trinajstić information content (AvgIpc) is 3.31. The number of para-hydroxylation sites is 1. The van der Waals surface area contributed by atoms with Gasteiger partial charge in [0.25, 0.3) is 5.91 Å². The SMILES string of the molecule is CC(=O)N1[C@@H](C(=O)OCC(=O)Nc2c(F)cccc2F)CS[C@H]1c1ccco1. The van der Waals surface area contributed by atoms with Crippen LogP contribution < -0.4 is 5.32 Å². The second kappa shape index (κ2) is 8.42. The number of rotatable bonds is 5. The zero-order chi connectivity index (χ0) is 20.3. The first-order valence-electron chi connectivity index (χ1n) is 8.23. The normalized spacial score (nSPS) is 18.8. The lowest BCUT2D eigenvalue weighted by Crippen LogP contribution is -2.43. The van der Waals surface area contributed by atoms with Gasteiger partial charge in [0.15, 0.2) is 6.61 Å². The zero-order valence-electron chi connectivity index (χ0n) is 14.7. The lowest BCUT2D eigenvalue weighted by Gasteiger charge is -2.25. The summed E-state index contributed by atoms with van der Waals surface area (Å²) in [6, 6.07) is 5.59. The fourth-order valence-electron chi connectivity index (χ4n) is 2.75. The number of ether oxygens (including phenoxy) is 1. The highest BCUT2D eigenvalue weighted by atomic mass is 32.2. The van der Waals surface area contributed by atoms with E-state index in [0.29, 0.717) is 5.76 Å². The number of anilines is 1. The molecule has 0 saturated carbocycles. The third-order valence-electron chi connectivity index (χ3n) is 4.00. The molecule has 2 aromatic rings. The molecule has 1 N–H and O–H groups in total. The molecule has 3 rings (SSSR count). The van der Waals surface area contributed by atoms with E-state index in [1.54, 1.807) is 12.1 Å². The van der Waals surface area contributed by atoms with E-state index in [4.69, 9.17) is 9.15 Å². The number of carbonyl (C=O) groups is 3. The van der Waals surface area contributed by atoms with Crippen LogP contribution in [-0.2, 0) is 19.1 Å². The van der Waals surface area contributed by atoms with Crippen LogP contribution in [0.2, 0.25) is 0 Å². The molecule has 0 spiro atoms.